The summed E-state index contributed by atoms with van der Waals surface area (Å²) in [6.45, 7) is 5.84. The molecule has 0 saturated heterocycles. The Bertz CT molecular complexity index is 348. The van der Waals surface area contributed by atoms with Gasteiger partial charge in [-0.05, 0) is 25.3 Å². The number of hydrogen-bond donors (Lipinski definition) is 1. The minimum absolute atomic E-state index is 0.0770. The summed E-state index contributed by atoms with van der Waals surface area (Å²) in [5.41, 5.74) is 0.873. The zero-order chi connectivity index (χ0) is 10.7. The quantitative estimate of drug-likeness (QED) is 0.795. The molecule has 0 fully saturated rings. The minimum atomic E-state index is -1.000. The fourth-order valence-electron chi connectivity index (χ4n) is 1.26. The Morgan fingerprint density at radius 3 is 2.64 bits per heavy atom. The Balaban J connectivity index is 3.01. The smallest absolute Gasteiger partial charge is 0.354 e. The molecule has 0 atom stereocenters. The highest BCUT2D eigenvalue weighted by atomic mass is 16.4. The molecule has 0 aromatic carbocycles. The van der Waals surface area contributed by atoms with Crippen LogP contribution >= 0.6 is 0 Å². The van der Waals surface area contributed by atoms with Gasteiger partial charge in [-0.2, -0.15) is 0 Å². The molecule has 1 rings (SSSR count). The molecule has 1 aromatic rings. The van der Waals surface area contributed by atoms with E-state index < -0.39 is 5.97 Å². The predicted molar refractivity (Wildman–Crippen MR) is 52.3 cm³/mol. The van der Waals surface area contributed by atoms with Crippen LogP contribution in [0.1, 0.15) is 35.9 Å². The van der Waals surface area contributed by atoms with Crippen molar-refractivity contribution in [1.82, 2.24) is 9.97 Å². The lowest BCUT2D eigenvalue weighted by molar-refractivity contribution is 0.0689. The van der Waals surface area contributed by atoms with E-state index in [-0.39, 0.29) is 5.69 Å². The van der Waals surface area contributed by atoms with Crippen LogP contribution in [0.4, 0.5) is 0 Å². The number of hydrogen-bond acceptors (Lipinski definition) is 3. The minimum Gasteiger partial charge on any atom is -0.477 e. The van der Waals surface area contributed by atoms with Crippen LogP contribution in [0.25, 0.3) is 0 Å². The van der Waals surface area contributed by atoms with Gasteiger partial charge in [-0.15, -0.1) is 0 Å². The van der Waals surface area contributed by atoms with Gasteiger partial charge in [0.2, 0.25) is 0 Å². The first-order valence-electron chi connectivity index (χ1n) is 4.57. The molecule has 0 unspecified atom stereocenters. The maximum Gasteiger partial charge on any atom is 0.354 e. The Kier molecular flexibility index (Phi) is 3.17. The first-order valence-corrected chi connectivity index (χ1v) is 4.57. The summed E-state index contributed by atoms with van der Waals surface area (Å²) in [6.07, 6.45) is 0.781. The number of carboxylic acids is 1. The summed E-state index contributed by atoms with van der Waals surface area (Å²) in [5.74, 6) is -0.0213. The molecule has 14 heavy (non-hydrogen) atoms. The summed E-state index contributed by atoms with van der Waals surface area (Å²) in [6, 6.07) is 1.54. The van der Waals surface area contributed by atoms with Crippen LogP contribution in [0.3, 0.4) is 0 Å². The van der Waals surface area contributed by atoms with E-state index in [0.717, 1.165) is 12.1 Å². The highest BCUT2D eigenvalue weighted by Crippen LogP contribution is 2.07. The molecule has 1 aromatic heterocycles. The average molecular weight is 194 g/mol. The largest absolute Gasteiger partial charge is 0.477 e. The van der Waals surface area contributed by atoms with Crippen molar-refractivity contribution in [2.75, 3.05) is 0 Å². The summed E-state index contributed by atoms with van der Waals surface area (Å²) in [5, 5.41) is 8.78. The molecular formula is C10H14N2O2. The summed E-state index contributed by atoms with van der Waals surface area (Å²) in [4.78, 5) is 18.7. The maximum absolute atomic E-state index is 10.7. The van der Waals surface area contributed by atoms with Gasteiger partial charge in [0, 0.05) is 5.69 Å². The molecule has 0 amide bonds. The van der Waals surface area contributed by atoms with E-state index in [9.17, 15) is 4.79 Å². The normalized spacial score (nSPS) is 10.6. The molecular weight excluding hydrogens is 180 g/mol. The van der Waals surface area contributed by atoms with Gasteiger partial charge in [-0.25, -0.2) is 14.8 Å². The van der Waals surface area contributed by atoms with Gasteiger partial charge in [0.05, 0.1) is 0 Å². The number of aromatic nitrogens is 2. The SMILES string of the molecule is Cc1nc(CC(C)C)cc(C(=O)O)n1. The van der Waals surface area contributed by atoms with Crippen molar-refractivity contribution in [2.45, 2.75) is 27.2 Å². The van der Waals surface area contributed by atoms with Crippen LogP contribution in [0.15, 0.2) is 6.07 Å². The third-order valence-corrected chi connectivity index (χ3v) is 1.73. The Hall–Kier alpha value is -1.45. The van der Waals surface area contributed by atoms with E-state index in [1.165, 1.54) is 6.07 Å². The molecule has 0 radical (unpaired) electrons. The second-order valence-electron chi connectivity index (χ2n) is 3.69. The highest BCUT2D eigenvalue weighted by molar-refractivity contribution is 5.85. The van der Waals surface area contributed by atoms with Crippen molar-refractivity contribution >= 4 is 5.97 Å². The molecule has 1 heterocycles. The van der Waals surface area contributed by atoms with E-state index >= 15 is 0 Å². The molecule has 76 valence electrons. The van der Waals surface area contributed by atoms with E-state index in [0.29, 0.717) is 11.7 Å². The first kappa shape index (κ1) is 10.6. The van der Waals surface area contributed by atoms with Gasteiger partial charge in [0.25, 0.3) is 0 Å². The standard InChI is InChI=1S/C10H14N2O2/c1-6(2)4-8-5-9(10(13)14)12-7(3)11-8/h5-6H,4H2,1-3H3,(H,13,14). The number of carbonyl (C=O) groups is 1. The van der Waals surface area contributed by atoms with Crippen LogP contribution in [0.5, 0.6) is 0 Å². The molecule has 0 aliphatic rings. The molecule has 0 aliphatic heterocycles. The lowest BCUT2D eigenvalue weighted by Crippen LogP contribution is -2.07. The van der Waals surface area contributed by atoms with Crippen LogP contribution in [-0.2, 0) is 6.42 Å². The summed E-state index contributed by atoms with van der Waals surface area (Å²) in [7, 11) is 0. The first-order chi connectivity index (χ1) is 6.49. The van der Waals surface area contributed by atoms with E-state index in [2.05, 4.69) is 23.8 Å². The van der Waals surface area contributed by atoms with Crippen LogP contribution < -0.4 is 0 Å². The fourth-order valence-corrected chi connectivity index (χ4v) is 1.26. The van der Waals surface area contributed by atoms with Gasteiger partial charge >= 0.3 is 5.97 Å². The van der Waals surface area contributed by atoms with Crippen molar-refractivity contribution in [3.05, 3.63) is 23.3 Å². The van der Waals surface area contributed by atoms with Gasteiger partial charge in [0.1, 0.15) is 5.82 Å². The topological polar surface area (TPSA) is 63.1 Å². The fraction of sp³-hybridized carbons (Fsp3) is 0.500. The maximum atomic E-state index is 10.7. The molecule has 4 heteroatoms. The molecule has 0 bridgehead atoms. The average Bonchev–Trinajstić information content (AvgIpc) is 2.01. The van der Waals surface area contributed by atoms with Gasteiger partial charge in [-0.3, -0.25) is 0 Å². The Labute approximate surface area is 83.0 Å². The summed E-state index contributed by atoms with van der Waals surface area (Å²) >= 11 is 0. The Morgan fingerprint density at radius 2 is 2.14 bits per heavy atom. The summed E-state index contributed by atoms with van der Waals surface area (Å²) < 4.78 is 0. The number of rotatable bonds is 3. The van der Waals surface area contributed by atoms with Crippen LogP contribution in [0, 0.1) is 12.8 Å². The zero-order valence-corrected chi connectivity index (χ0v) is 8.61. The van der Waals surface area contributed by atoms with Crippen molar-refractivity contribution in [1.29, 1.82) is 0 Å². The third-order valence-electron chi connectivity index (χ3n) is 1.73. The second-order valence-corrected chi connectivity index (χ2v) is 3.69. The Morgan fingerprint density at radius 1 is 1.50 bits per heavy atom. The number of aryl methyl sites for hydroxylation is 1. The highest BCUT2D eigenvalue weighted by Gasteiger charge is 2.09. The van der Waals surface area contributed by atoms with Crippen molar-refractivity contribution in [3.8, 4) is 0 Å². The predicted octanol–water partition coefficient (Wildman–Crippen LogP) is 1.68. The number of carboxylic acid groups (broad SMARTS) is 1. The van der Waals surface area contributed by atoms with Crippen LogP contribution in [-0.4, -0.2) is 21.0 Å². The second kappa shape index (κ2) is 4.17. The lowest BCUT2D eigenvalue weighted by Gasteiger charge is -2.05. The van der Waals surface area contributed by atoms with Gasteiger partial charge in [-0.1, -0.05) is 13.8 Å². The van der Waals surface area contributed by atoms with E-state index in [1.807, 2.05) is 0 Å². The zero-order valence-electron chi connectivity index (χ0n) is 8.61. The van der Waals surface area contributed by atoms with Crippen molar-refractivity contribution < 1.29 is 9.90 Å². The lowest BCUT2D eigenvalue weighted by atomic mass is 10.1. The van der Waals surface area contributed by atoms with E-state index in [4.69, 9.17) is 5.11 Å². The van der Waals surface area contributed by atoms with Gasteiger partial charge in [0.15, 0.2) is 5.69 Å². The monoisotopic (exact) mass is 194 g/mol. The van der Waals surface area contributed by atoms with Crippen molar-refractivity contribution in [2.24, 2.45) is 5.92 Å². The molecule has 4 nitrogen and oxygen atoms in total. The molecule has 0 spiro atoms. The number of aromatic carboxylic acids is 1. The van der Waals surface area contributed by atoms with E-state index in [1.54, 1.807) is 6.92 Å². The third kappa shape index (κ3) is 2.80. The van der Waals surface area contributed by atoms with Crippen LogP contribution in [0.2, 0.25) is 0 Å². The van der Waals surface area contributed by atoms with Crippen molar-refractivity contribution in [3.63, 3.8) is 0 Å². The van der Waals surface area contributed by atoms with Gasteiger partial charge < -0.3 is 5.11 Å². The molecule has 0 aliphatic carbocycles. The number of nitrogens with zero attached hydrogens (tertiary/aromatic N) is 2. The molecule has 0 saturated carbocycles. The molecule has 1 N–H and O–H groups in total.